The maximum atomic E-state index is 4.52. The highest BCUT2D eigenvalue weighted by molar-refractivity contribution is 5.05. The van der Waals surface area contributed by atoms with Gasteiger partial charge in [0.1, 0.15) is 0 Å². The van der Waals surface area contributed by atoms with Crippen LogP contribution in [0.2, 0.25) is 0 Å². The minimum atomic E-state index is 0.186. The molecule has 4 heteroatoms. The monoisotopic (exact) mass is 264 g/mol. The molecule has 0 unspecified atom stereocenters. The van der Waals surface area contributed by atoms with Crippen molar-refractivity contribution in [3.05, 3.63) is 18.0 Å². The minimum absolute atomic E-state index is 0.186. The standard InChI is InChI=1S/C15H28N4/c1-6-15(7-2)12-19(14(3,4)11-16-15)10-13-8-9-18(5)17-13/h8-9,16H,6-7,10-12H2,1-5H3. The molecule has 1 aromatic heterocycles. The molecule has 1 aromatic rings. The van der Waals surface area contributed by atoms with Gasteiger partial charge in [-0.2, -0.15) is 5.10 Å². The molecule has 0 aromatic carbocycles. The van der Waals surface area contributed by atoms with Crippen molar-refractivity contribution in [2.75, 3.05) is 13.1 Å². The second-order valence-corrected chi connectivity index (χ2v) is 6.49. The maximum absolute atomic E-state index is 4.52. The number of hydrogen-bond donors (Lipinski definition) is 1. The molecule has 1 N–H and O–H groups in total. The van der Waals surface area contributed by atoms with Crippen molar-refractivity contribution in [2.24, 2.45) is 7.05 Å². The van der Waals surface area contributed by atoms with E-state index in [1.165, 1.54) is 18.5 Å². The second-order valence-electron chi connectivity index (χ2n) is 6.49. The quantitative estimate of drug-likeness (QED) is 0.904. The number of hydrogen-bond acceptors (Lipinski definition) is 3. The molecule has 0 bridgehead atoms. The topological polar surface area (TPSA) is 33.1 Å². The van der Waals surface area contributed by atoms with Crippen molar-refractivity contribution >= 4 is 0 Å². The fourth-order valence-corrected chi connectivity index (χ4v) is 2.89. The third kappa shape index (κ3) is 3.00. The Morgan fingerprint density at radius 2 is 2.00 bits per heavy atom. The molecule has 1 aliphatic rings. The zero-order valence-corrected chi connectivity index (χ0v) is 13.0. The molecule has 0 atom stereocenters. The van der Waals surface area contributed by atoms with Crippen molar-refractivity contribution in [3.8, 4) is 0 Å². The van der Waals surface area contributed by atoms with Gasteiger partial charge in [0, 0.05) is 44.0 Å². The Bertz CT molecular complexity index is 418. The Morgan fingerprint density at radius 3 is 2.53 bits per heavy atom. The summed E-state index contributed by atoms with van der Waals surface area (Å²) in [4.78, 5) is 2.58. The molecule has 1 aliphatic heterocycles. The molecule has 4 nitrogen and oxygen atoms in total. The summed E-state index contributed by atoms with van der Waals surface area (Å²) >= 11 is 0. The fourth-order valence-electron chi connectivity index (χ4n) is 2.89. The first-order valence-electron chi connectivity index (χ1n) is 7.39. The van der Waals surface area contributed by atoms with Gasteiger partial charge in [-0.15, -0.1) is 0 Å². The predicted molar refractivity (Wildman–Crippen MR) is 79.0 cm³/mol. The molecule has 1 saturated heterocycles. The summed E-state index contributed by atoms with van der Waals surface area (Å²) in [6.07, 6.45) is 4.38. The summed E-state index contributed by atoms with van der Waals surface area (Å²) in [7, 11) is 1.98. The summed E-state index contributed by atoms with van der Waals surface area (Å²) in [5.41, 5.74) is 1.62. The lowest BCUT2D eigenvalue weighted by atomic mass is 9.85. The van der Waals surface area contributed by atoms with Crippen LogP contribution in [0.25, 0.3) is 0 Å². The van der Waals surface area contributed by atoms with Gasteiger partial charge < -0.3 is 5.32 Å². The van der Waals surface area contributed by atoms with Gasteiger partial charge in [-0.05, 0) is 32.8 Å². The van der Waals surface area contributed by atoms with Crippen LogP contribution >= 0.6 is 0 Å². The summed E-state index contributed by atoms with van der Waals surface area (Å²) in [6.45, 7) is 12.3. The third-order valence-electron chi connectivity index (χ3n) is 4.72. The molecule has 2 heterocycles. The Labute approximate surface area is 117 Å². The third-order valence-corrected chi connectivity index (χ3v) is 4.72. The molecule has 2 rings (SSSR count). The van der Waals surface area contributed by atoms with Crippen LogP contribution in [0.15, 0.2) is 12.3 Å². The molecule has 19 heavy (non-hydrogen) atoms. The van der Waals surface area contributed by atoms with Gasteiger partial charge in [-0.25, -0.2) is 0 Å². The van der Waals surface area contributed by atoms with Crippen molar-refractivity contribution in [1.29, 1.82) is 0 Å². The van der Waals surface area contributed by atoms with Crippen LogP contribution in [0.1, 0.15) is 46.2 Å². The van der Waals surface area contributed by atoms with Crippen LogP contribution in [-0.2, 0) is 13.6 Å². The van der Waals surface area contributed by atoms with Gasteiger partial charge in [0.15, 0.2) is 0 Å². The molecule has 0 amide bonds. The van der Waals surface area contributed by atoms with Crippen molar-refractivity contribution in [3.63, 3.8) is 0 Å². The average Bonchev–Trinajstić information content (AvgIpc) is 2.78. The number of aromatic nitrogens is 2. The van der Waals surface area contributed by atoms with E-state index in [2.05, 4.69) is 49.1 Å². The average molecular weight is 264 g/mol. The first-order valence-corrected chi connectivity index (χ1v) is 7.39. The van der Waals surface area contributed by atoms with E-state index < -0.39 is 0 Å². The smallest absolute Gasteiger partial charge is 0.0764 e. The van der Waals surface area contributed by atoms with Crippen LogP contribution in [-0.4, -0.2) is 38.8 Å². The Balaban J connectivity index is 2.14. The van der Waals surface area contributed by atoms with Gasteiger partial charge >= 0.3 is 0 Å². The van der Waals surface area contributed by atoms with E-state index in [4.69, 9.17) is 0 Å². The van der Waals surface area contributed by atoms with E-state index in [1.807, 2.05) is 17.9 Å². The lowest BCUT2D eigenvalue weighted by molar-refractivity contribution is 0.0152. The van der Waals surface area contributed by atoms with E-state index in [-0.39, 0.29) is 11.1 Å². The summed E-state index contributed by atoms with van der Waals surface area (Å²) in [6, 6.07) is 2.12. The molecule has 0 saturated carbocycles. The predicted octanol–water partition coefficient (Wildman–Crippen LogP) is 2.16. The Morgan fingerprint density at radius 1 is 1.32 bits per heavy atom. The number of aryl methyl sites for hydroxylation is 1. The molecule has 0 radical (unpaired) electrons. The van der Waals surface area contributed by atoms with Crippen molar-refractivity contribution < 1.29 is 0 Å². The molecular formula is C15H28N4. The van der Waals surface area contributed by atoms with Gasteiger partial charge in [0.05, 0.1) is 5.69 Å². The number of nitrogens with zero attached hydrogens (tertiary/aromatic N) is 3. The van der Waals surface area contributed by atoms with Gasteiger partial charge in [0.25, 0.3) is 0 Å². The van der Waals surface area contributed by atoms with Crippen LogP contribution in [0, 0.1) is 0 Å². The van der Waals surface area contributed by atoms with E-state index in [9.17, 15) is 0 Å². The molecule has 108 valence electrons. The van der Waals surface area contributed by atoms with Crippen LogP contribution in [0.3, 0.4) is 0 Å². The van der Waals surface area contributed by atoms with E-state index in [0.717, 1.165) is 19.6 Å². The summed E-state index contributed by atoms with van der Waals surface area (Å²) in [5.74, 6) is 0. The number of nitrogens with one attached hydrogen (secondary N) is 1. The highest BCUT2D eigenvalue weighted by atomic mass is 15.3. The second kappa shape index (κ2) is 5.25. The Hall–Kier alpha value is -0.870. The highest BCUT2D eigenvalue weighted by Crippen LogP contribution is 2.29. The number of rotatable bonds is 4. The van der Waals surface area contributed by atoms with Gasteiger partial charge in [-0.3, -0.25) is 9.58 Å². The van der Waals surface area contributed by atoms with E-state index in [1.54, 1.807) is 0 Å². The van der Waals surface area contributed by atoms with E-state index >= 15 is 0 Å². The molecular weight excluding hydrogens is 236 g/mol. The molecule has 1 fully saturated rings. The van der Waals surface area contributed by atoms with Crippen LogP contribution in [0.5, 0.6) is 0 Å². The lowest BCUT2D eigenvalue weighted by Gasteiger charge is -2.51. The highest BCUT2D eigenvalue weighted by Gasteiger charge is 2.40. The summed E-state index contributed by atoms with van der Waals surface area (Å²) in [5, 5.41) is 8.30. The van der Waals surface area contributed by atoms with E-state index in [0.29, 0.717) is 0 Å². The first kappa shape index (κ1) is 14.5. The maximum Gasteiger partial charge on any atom is 0.0764 e. The van der Waals surface area contributed by atoms with Gasteiger partial charge in [-0.1, -0.05) is 13.8 Å². The largest absolute Gasteiger partial charge is 0.308 e. The molecule has 0 spiro atoms. The number of piperazine rings is 1. The SMILES string of the molecule is CCC1(CC)CN(Cc2ccn(C)n2)C(C)(C)CN1. The normalized spacial score (nSPS) is 22.6. The van der Waals surface area contributed by atoms with Crippen molar-refractivity contribution in [1.82, 2.24) is 20.0 Å². The fraction of sp³-hybridized carbons (Fsp3) is 0.800. The zero-order valence-electron chi connectivity index (χ0n) is 13.0. The van der Waals surface area contributed by atoms with Crippen LogP contribution in [0.4, 0.5) is 0 Å². The van der Waals surface area contributed by atoms with Crippen LogP contribution < -0.4 is 5.32 Å². The summed E-state index contributed by atoms with van der Waals surface area (Å²) < 4.78 is 1.89. The molecule has 0 aliphatic carbocycles. The van der Waals surface area contributed by atoms with Crippen molar-refractivity contribution in [2.45, 2.75) is 58.2 Å². The first-order chi connectivity index (χ1) is 8.91. The minimum Gasteiger partial charge on any atom is -0.308 e. The Kier molecular flexibility index (Phi) is 4.02. The van der Waals surface area contributed by atoms with Gasteiger partial charge in [0.2, 0.25) is 0 Å². The lowest BCUT2D eigenvalue weighted by Crippen LogP contribution is -2.67. The zero-order chi connectivity index (χ0) is 14.1.